The van der Waals surface area contributed by atoms with Gasteiger partial charge in [-0.1, -0.05) is 0 Å². The zero-order valence-corrected chi connectivity index (χ0v) is 17.2. The summed E-state index contributed by atoms with van der Waals surface area (Å²) in [6.07, 6.45) is 1.68. The number of aliphatic carboxylic acids is 1. The number of amides is 1. The number of hydrogen-bond acceptors (Lipinski definition) is 8. The van der Waals surface area contributed by atoms with Crippen molar-refractivity contribution >= 4 is 29.3 Å². The topological polar surface area (TPSA) is 140 Å². The number of carbonyl (C=O) groups excluding carboxylic acids is 2. The van der Waals surface area contributed by atoms with E-state index in [0.29, 0.717) is 28.6 Å². The standard InChI is InChI=1S/C21H20N4O7/c1-11(21(28)29)23-20(27)13-4-3-7-25-18(13)24-17(19(25)22-9-16(26)30-2)12-5-6-14-15(8-12)32-10-31-14/h3-8,11,22H,9-10H2,1-2H3,(H,23,27)(H,28,29). The summed E-state index contributed by atoms with van der Waals surface area (Å²) >= 11 is 0. The van der Waals surface area contributed by atoms with Gasteiger partial charge in [0.15, 0.2) is 17.1 Å². The lowest BCUT2D eigenvalue weighted by Crippen LogP contribution is -2.38. The zero-order chi connectivity index (χ0) is 22.8. The Balaban J connectivity index is 1.82. The molecule has 1 aromatic carbocycles. The molecule has 0 radical (unpaired) electrons. The van der Waals surface area contributed by atoms with Crippen molar-refractivity contribution in [3.05, 3.63) is 42.1 Å². The van der Waals surface area contributed by atoms with Gasteiger partial charge in [-0.2, -0.15) is 0 Å². The largest absolute Gasteiger partial charge is 0.480 e. The van der Waals surface area contributed by atoms with Crippen LogP contribution in [0.1, 0.15) is 17.3 Å². The Bertz CT molecular complexity index is 1220. The molecule has 0 saturated heterocycles. The van der Waals surface area contributed by atoms with Gasteiger partial charge < -0.3 is 30.0 Å². The lowest BCUT2D eigenvalue weighted by atomic mass is 10.1. The number of methoxy groups -OCH3 is 1. The highest BCUT2D eigenvalue weighted by molar-refractivity contribution is 6.02. The number of pyridine rings is 1. The number of anilines is 1. The van der Waals surface area contributed by atoms with E-state index in [2.05, 4.69) is 15.6 Å². The van der Waals surface area contributed by atoms with E-state index in [9.17, 15) is 14.4 Å². The molecule has 1 amide bonds. The van der Waals surface area contributed by atoms with Gasteiger partial charge in [-0.15, -0.1) is 0 Å². The Morgan fingerprint density at radius 3 is 2.78 bits per heavy atom. The molecule has 1 atom stereocenters. The molecular formula is C21H20N4O7. The van der Waals surface area contributed by atoms with Crippen LogP contribution in [0.2, 0.25) is 0 Å². The highest BCUT2D eigenvalue weighted by Crippen LogP contribution is 2.38. The number of carboxylic acids is 1. The lowest BCUT2D eigenvalue weighted by molar-refractivity contribution is -0.139. The van der Waals surface area contributed by atoms with Gasteiger partial charge in [-0.25, -0.2) is 4.98 Å². The number of nitrogens with one attached hydrogen (secondary N) is 2. The van der Waals surface area contributed by atoms with Gasteiger partial charge in [0.1, 0.15) is 24.1 Å². The summed E-state index contributed by atoms with van der Waals surface area (Å²) in [6.45, 7) is 1.35. The first kappa shape index (κ1) is 21.0. The third kappa shape index (κ3) is 3.87. The van der Waals surface area contributed by atoms with Crippen molar-refractivity contribution in [2.24, 2.45) is 0 Å². The number of hydrogen-bond donors (Lipinski definition) is 3. The van der Waals surface area contributed by atoms with Crippen molar-refractivity contribution in [3.8, 4) is 22.8 Å². The summed E-state index contributed by atoms with van der Waals surface area (Å²) in [7, 11) is 1.28. The number of esters is 1. The maximum Gasteiger partial charge on any atom is 0.325 e. The van der Waals surface area contributed by atoms with E-state index in [1.807, 2.05) is 0 Å². The first-order valence-corrected chi connectivity index (χ1v) is 9.64. The van der Waals surface area contributed by atoms with E-state index in [0.717, 1.165) is 0 Å². The summed E-state index contributed by atoms with van der Waals surface area (Å²) in [5.74, 6) is -0.635. The summed E-state index contributed by atoms with van der Waals surface area (Å²) in [5, 5.41) is 14.5. The van der Waals surface area contributed by atoms with E-state index in [-0.39, 0.29) is 24.5 Å². The van der Waals surface area contributed by atoms with Crippen LogP contribution in [0.15, 0.2) is 36.5 Å². The van der Waals surface area contributed by atoms with Crippen molar-refractivity contribution in [2.45, 2.75) is 13.0 Å². The molecule has 2 aromatic heterocycles. The first-order chi connectivity index (χ1) is 15.4. The minimum atomic E-state index is -1.16. The predicted molar refractivity (Wildman–Crippen MR) is 112 cm³/mol. The fraction of sp³-hybridized carbons (Fsp3) is 0.238. The van der Waals surface area contributed by atoms with Crippen molar-refractivity contribution in [1.29, 1.82) is 0 Å². The van der Waals surface area contributed by atoms with Crippen LogP contribution in [0.25, 0.3) is 16.9 Å². The third-order valence-corrected chi connectivity index (χ3v) is 4.89. The number of carboxylic acid groups (broad SMARTS) is 1. The molecular weight excluding hydrogens is 420 g/mol. The van der Waals surface area contributed by atoms with Crippen LogP contribution in [-0.2, 0) is 14.3 Å². The molecule has 166 valence electrons. The highest BCUT2D eigenvalue weighted by atomic mass is 16.7. The van der Waals surface area contributed by atoms with Crippen molar-refractivity contribution in [3.63, 3.8) is 0 Å². The van der Waals surface area contributed by atoms with Gasteiger partial charge in [0.2, 0.25) is 6.79 Å². The molecule has 0 spiro atoms. The number of nitrogens with zero attached hydrogens (tertiary/aromatic N) is 2. The van der Waals surface area contributed by atoms with Gasteiger partial charge in [0.05, 0.1) is 12.7 Å². The van der Waals surface area contributed by atoms with E-state index in [1.165, 1.54) is 14.0 Å². The second kappa shape index (κ2) is 8.46. The number of ether oxygens (including phenoxy) is 3. The molecule has 3 heterocycles. The molecule has 3 aromatic rings. The monoisotopic (exact) mass is 440 g/mol. The summed E-state index contributed by atoms with van der Waals surface area (Å²) in [5.41, 5.74) is 1.57. The Morgan fingerprint density at radius 1 is 1.25 bits per heavy atom. The number of benzene rings is 1. The molecule has 1 unspecified atom stereocenters. The Labute approximate surface area is 181 Å². The molecule has 0 fully saturated rings. The molecule has 11 nitrogen and oxygen atoms in total. The molecule has 0 saturated carbocycles. The van der Waals surface area contributed by atoms with E-state index in [4.69, 9.17) is 19.3 Å². The average molecular weight is 440 g/mol. The second-order valence-electron chi connectivity index (χ2n) is 6.96. The third-order valence-electron chi connectivity index (χ3n) is 4.89. The number of carbonyl (C=O) groups is 3. The summed E-state index contributed by atoms with van der Waals surface area (Å²) in [6, 6.07) is 7.36. The number of aromatic nitrogens is 2. The van der Waals surface area contributed by atoms with Crippen LogP contribution in [-0.4, -0.2) is 58.8 Å². The minimum absolute atomic E-state index is 0.115. The van der Waals surface area contributed by atoms with Crippen LogP contribution in [0.5, 0.6) is 11.5 Å². The van der Waals surface area contributed by atoms with Crippen LogP contribution in [0.3, 0.4) is 0 Å². The Kier molecular flexibility index (Phi) is 5.54. The normalized spacial score (nSPS) is 12.9. The number of fused-ring (bicyclic) bond motifs is 2. The van der Waals surface area contributed by atoms with E-state index >= 15 is 0 Å². The van der Waals surface area contributed by atoms with Crippen molar-refractivity contribution in [2.75, 3.05) is 25.8 Å². The van der Waals surface area contributed by atoms with Crippen LogP contribution >= 0.6 is 0 Å². The second-order valence-corrected chi connectivity index (χ2v) is 6.96. The van der Waals surface area contributed by atoms with Crippen LogP contribution in [0, 0.1) is 0 Å². The summed E-state index contributed by atoms with van der Waals surface area (Å²) < 4.78 is 17.1. The molecule has 32 heavy (non-hydrogen) atoms. The molecule has 0 aliphatic carbocycles. The number of imidazole rings is 1. The van der Waals surface area contributed by atoms with Crippen molar-refractivity contribution < 1.29 is 33.7 Å². The molecule has 1 aliphatic heterocycles. The maximum absolute atomic E-state index is 12.7. The van der Waals surface area contributed by atoms with Gasteiger partial charge in [-0.05, 0) is 37.3 Å². The molecule has 1 aliphatic rings. The predicted octanol–water partition coefficient (Wildman–Crippen LogP) is 1.52. The minimum Gasteiger partial charge on any atom is -0.480 e. The molecule has 11 heteroatoms. The first-order valence-electron chi connectivity index (χ1n) is 9.64. The molecule has 3 N–H and O–H groups in total. The zero-order valence-electron chi connectivity index (χ0n) is 17.2. The van der Waals surface area contributed by atoms with Crippen LogP contribution < -0.4 is 20.1 Å². The maximum atomic E-state index is 12.7. The highest BCUT2D eigenvalue weighted by Gasteiger charge is 2.23. The fourth-order valence-electron chi connectivity index (χ4n) is 3.22. The van der Waals surface area contributed by atoms with E-state index < -0.39 is 23.9 Å². The molecule has 4 rings (SSSR count). The van der Waals surface area contributed by atoms with E-state index in [1.54, 1.807) is 40.9 Å². The lowest BCUT2D eigenvalue weighted by Gasteiger charge is -2.11. The van der Waals surface area contributed by atoms with Gasteiger partial charge >= 0.3 is 11.9 Å². The van der Waals surface area contributed by atoms with Gasteiger partial charge in [-0.3, -0.25) is 18.8 Å². The smallest absolute Gasteiger partial charge is 0.325 e. The SMILES string of the molecule is COC(=O)CNc1c(-c2ccc3c(c2)OCO3)nc2c(C(=O)NC(C)C(=O)O)cccn12. The van der Waals surface area contributed by atoms with Gasteiger partial charge in [0.25, 0.3) is 5.91 Å². The molecule has 0 bridgehead atoms. The van der Waals surface area contributed by atoms with Crippen LogP contribution in [0.4, 0.5) is 5.82 Å². The van der Waals surface area contributed by atoms with Gasteiger partial charge in [0, 0.05) is 11.8 Å². The fourth-order valence-corrected chi connectivity index (χ4v) is 3.22. The quantitative estimate of drug-likeness (QED) is 0.466. The average Bonchev–Trinajstić information content (AvgIpc) is 3.40. The Morgan fingerprint density at radius 2 is 2.03 bits per heavy atom. The van der Waals surface area contributed by atoms with Crippen molar-refractivity contribution in [1.82, 2.24) is 14.7 Å². The summed E-state index contributed by atoms with van der Waals surface area (Å²) in [4.78, 5) is 40.2. The Hall–Kier alpha value is -4.28. The number of rotatable bonds is 7.